The van der Waals surface area contributed by atoms with E-state index in [2.05, 4.69) is 27.0 Å². The molecule has 2 aliphatic heterocycles. The summed E-state index contributed by atoms with van der Waals surface area (Å²) in [7, 11) is 1.63. The van der Waals surface area contributed by atoms with Crippen LogP contribution in [0.5, 0.6) is 0 Å². The second-order valence-electron chi connectivity index (χ2n) is 8.93. The monoisotopic (exact) mass is 451 g/mol. The lowest BCUT2D eigenvalue weighted by molar-refractivity contribution is -0.123. The number of amides is 4. The van der Waals surface area contributed by atoms with Gasteiger partial charge in [-0.25, -0.2) is 9.78 Å². The van der Waals surface area contributed by atoms with Crippen LogP contribution in [-0.2, 0) is 15.1 Å². The van der Waals surface area contributed by atoms with Crippen LogP contribution in [-0.4, -0.2) is 60.1 Å². The molecule has 33 heavy (non-hydrogen) atoms. The third kappa shape index (κ3) is 4.41. The molecule has 174 valence electrons. The number of likely N-dealkylation sites (tertiary alicyclic amines) is 1. The molecular formula is C24H29N5O4. The number of nitrogens with zero attached hydrogens (tertiary/aromatic N) is 2. The van der Waals surface area contributed by atoms with Gasteiger partial charge in [-0.05, 0) is 56.0 Å². The number of benzene rings is 1. The van der Waals surface area contributed by atoms with Crippen LogP contribution in [0.25, 0.3) is 0 Å². The molecule has 9 nitrogen and oxygen atoms in total. The zero-order valence-electron chi connectivity index (χ0n) is 19.3. The van der Waals surface area contributed by atoms with Gasteiger partial charge in [-0.2, -0.15) is 0 Å². The summed E-state index contributed by atoms with van der Waals surface area (Å²) in [5, 5.41) is 8.36. The van der Waals surface area contributed by atoms with Crippen LogP contribution in [0.4, 0.5) is 10.6 Å². The third-order valence-electron chi connectivity index (χ3n) is 6.34. The van der Waals surface area contributed by atoms with Crippen LogP contribution in [0.2, 0.25) is 0 Å². The zero-order valence-corrected chi connectivity index (χ0v) is 19.3. The molecule has 0 saturated carbocycles. The Morgan fingerprint density at radius 3 is 2.61 bits per heavy atom. The van der Waals surface area contributed by atoms with Crippen LogP contribution in [0.15, 0.2) is 36.5 Å². The van der Waals surface area contributed by atoms with E-state index in [0.29, 0.717) is 24.3 Å². The summed E-state index contributed by atoms with van der Waals surface area (Å²) in [6, 6.07) is 8.33. The van der Waals surface area contributed by atoms with Gasteiger partial charge in [0.15, 0.2) is 0 Å². The second kappa shape index (κ2) is 8.82. The van der Waals surface area contributed by atoms with Gasteiger partial charge < -0.3 is 20.3 Å². The minimum Gasteiger partial charge on any atom is -0.383 e. The standard InChI is InChI=1S/C24H29N5O4/c1-14-9-15(2)20(25-11-14)26-18-10-19(13-33-4)29(12-18)21(30)16-5-7-17(8-6-16)24(3)22(31)27-23(32)28-24/h5-9,11,18-19H,10,12-13H2,1-4H3,(H,25,26)(H2,27,28,31,32)/t18-,19-,24+/m0/s1. The van der Waals surface area contributed by atoms with Gasteiger partial charge in [-0.15, -0.1) is 0 Å². The van der Waals surface area contributed by atoms with Crippen molar-refractivity contribution < 1.29 is 19.1 Å². The molecule has 0 aliphatic carbocycles. The molecule has 1 aromatic heterocycles. The number of ether oxygens (including phenoxy) is 1. The Morgan fingerprint density at radius 2 is 2.00 bits per heavy atom. The van der Waals surface area contributed by atoms with Crippen molar-refractivity contribution in [3.8, 4) is 0 Å². The summed E-state index contributed by atoms with van der Waals surface area (Å²) in [5.41, 5.74) is 2.13. The van der Waals surface area contributed by atoms with Gasteiger partial charge in [-0.3, -0.25) is 14.9 Å². The quantitative estimate of drug-likeness (QED) is 0.580. The lowest BCUT2D eigenvalue weighted by Gasteiger charge is -2.25. The van der Waals surface area contributed by atoms with Gasteiger partial charge in [0, 0.05) is 31.5 Å². The summed E-state index contributed by atoms with van der Waals surface area (Å²) in [6.07, 6.45) is 2.58. The van der Waals surface area contributed by atoms with Crippen molar-refractivity contribution in [1.29, 1.82) is 0 Å². The molecule has 2 aliphatic rings. The number of aromatic nitrogens is 1. The van der Waals surface area contributed by atoms with E-state index >= 15 is 0 Å². The number of rotatable bonds is 6. The fourth-order valence-corrected chi connectivity index (χ4v) is 4.54. The number of imide groups is 1. The predicted molar refractivity (Wildman–Crippen MR) is 123 cm³/mol. The van der Waals surface area contributed by atoms with Gasteiger partial charge >= 0.3 is 6.03 Å². The number of nitrogens with one attached hydrogen (secondary N) is 3. The van der Waals surface area contributed by atoms with Gasteiger partial charge in [0.1, 0.15) is 11.4 Å². The van der Waals surface area contributed by atoms with E-state index in [1.807, 2.05) is 24.9 Å². The van der Waals surface area contributed by atoms with Crippen LogP contribution in [0, 0.1) is 13.8 Å². The molecule has 0 bridgehead atoms. The normalized spacial score (nSPS) is 24.5. The lowest BCUT2D eigenvalue weighted by atomic mass is 9.91. The van der Waals surface area contributed by atoms with Gasteiger partial charge in [0.2, 0.25) is 0 Å². The van der Waals surface area contributed by atoms with Gasteiger partial charge in [0.05, 0.1) is 12.6 Å². The van der Waals surface area contributed by atoms with E-state index in [1.54, 1.807) is 38.3 Å². The topological polar surface area (TPSA) is 113 Å². The van der Waals surface area contributed by atoms with Crippen molar-refractivity contribution in [2.24, 2.45) is 0 Å². The molecule has 0 unspecified atom stereocenters. The molecule has 4 rings (SSSR count). The van der Waals surface area contributed by atoms with E-state index in [-0.39, 0.29) is 18.0 Å². The number of aryl methyl sites for hydroxylation is 2. The van der Waals surface area contributed by atoms with E-state index in [9.17, 15) is 14.4 Å². The van der Waals surface area contributed by atoms with Crippen molar-refractivity contribution in [1.82, 2.24) is 20.5 Å². The molecule has 0 spiro atoms. The minimum atomic E-state index is -1.15. The molecule has 1 aromatic carbocycles. The first-order valence-electron chi connectivity index (χ1n) is 10.9. The number of hydrogen-bond donors (Lipinski definition) is 3. The van der Waals surface area contributed by atoms with Gasteiger partial charge in [0.25, 0.3) is 11.8 Å². The Hall–Kier alpha value is -3.46. The lowest BCUT2D eigenvalue weighted by Crippen LogP contribution is -2.41. The van der Waals surface area contributed by atoms with Crippen LogP contribution in [0.3, 0.4) is 0 Å². The number of hydrogen-bond acceptors (Lipinski definition) is 6. The molecule has 3 atom stereocenters. The van der Waals surface area contributed by atoms with Crippen molar-refractivity contribution in [3.05, 3.63) is 58.8 Å². The van der Waals surface area contributed by atoms with Crippen LogP contribution < -0.4 is 16.0 Å². The molecule has 2 fully saturated rings. The van der Waals surface area contributed by atoms with Crippen molar-refractivity contribution >= 4 is 23.7 Å². The highest BCUT2D eigenvalue weighted by molar-refractivity contribution is 6.07. The summed E-state index contributed by atoms with van der Waals surface area (Å²) in [4.78, 5) is 43.4. The average Bonchev–Trinajstić information content (AvgIpc) is 3.29. The fourth-order valence-electron chi connectivity index (χ4n) is 4.54. The minimum absolute atomic E-state index is 0.0542. The van der Waals surface area contributed by atoms with E-state index in [1.165, 1.54) is 0 Å². The highest BCUT2D eigenvalue weighted by atomic mass is 16.5. The molecule has 2 saturated heterocycles. The van der Waals surface area contributed by atoms with E-state index in [0.717, 1.165) is 23.4 Å². The van der Waals surface area contributed by atoms with Crippen LogP contribution in [0.1, 0.15) is 40.4 Å². The van der Waals surface area contributed by atoms with E-state index < -0.39 is 17.5 Å². The number of anilines is 1. The van der Waals surface area contributed by atoms with Crippen molar-refractivity contribution in [3.63, 3.8) is 0 Å². The molecular weight excluding hydrogens is 422 g/mol. The summed E-state index contributed by atoms with van der Waals surface area (Å²) in [5.74, 6) is 0.303. The van der Waals surface area contributed by atoms with E-state index in [4.69, 9.17) is 4.74 Å². The second-order valence-corrected chi connectivity index (χ2v) is 8.93. The maximum atomic E-state index is 13.3. The maximum absolute atomic E-state index is 13.3. The number of methoxy groups -OCH3 is 1. The highest BCUT2D eigenvalue weighted by Crippen LogP contribution is 2.27. The Bertz CT molecular complexity index is 1090. The number of pyridine rings is 1. The molecule has 2 aromatic rings. The Morgan fingerprint density at radius 1 is 1.27 bits per heavy atom. The van der Waals surface area contributed by atoms with Gasteiger partial charge in [-0.1, -0.05) is 18.2 Å². The SMILES string of the molecule is COC[C@@H]1C[C@H](Nc2ncc(C)cc2C)CN1C(=O)c1ccc([C@@]2(C)NC(=O)NC2=O)cc1. The van der Waals surface area contributed by atoms with Crippen molar-refractivity contribution in [2.75, 3.05) is 25.6 Å². The molecule has 9 heteroatoms. The maximum Gasteiger partial charge on any atom is 0.322 e. The Balaban J connectivity index is 1.50. The molecule has 0 radical (unpaired) electrons. The zero-order chi connectivity index (χ0) is 23.8. The molecule has 3 heterocycles. The first kappa shape index (κ1) is 22.7. The number of carbonyl (C=O) groups excluding carboxylic acids is 3. The Kier molecular flexibility index (Phi) is 6.07. The average molecular weight is 452 g/mol. The summed E-state index contributed by atoms with van der Waals surface area (Å²) >= 11 is 0. The fraction of sp³-hybridized carbons (Fsp3) is 0.417. The number of urea groups is 1. The van der Waals surface area contributed by atoms with Crippen LogP contribution >= 0.6 is 0 Å². The largest absolute Gasteiger partial charge is 0.383 e. The Labute approximate surface area is 192 Å². The van der Waals surface area contributed by atoms with Crippen molar-refractivity contribution in [2.45, 2.75) is 44.8 Å². The first-order chi connectivity index (χ1) is 15.7. The third-order valence-corrected chi connectivity index (χ3v) is 6.34. The molecule has 3 N–H and O–H groups in total. The molecule has 4 amide bonds. The smallest absolute Gasteiger partial charge is 0.322 e. The summed E-state index contributed by atoms with van der Waals surface area (Å²) < 4.78 is 5.38. The number of carbonyl (C=O) groups is 3. The summed E-state index contributed by atoms with van der Waals surface area (Å²) in [6.45, 7) is 6.62. The highest BCUT2D eigenvalue weighted by Gasteiger charge is 2.43. The predicted octanol–water partition coefficient (Wildman–Crippen LogP) is 2.09. The first-order valence-corrected chi connectivity index (χ1v) is 10.9.